The molecule has 0 fully saturated rings. The molecule has 0 radical (unpaired) electrons. The molecule has 0 bridgehead atoms. The second-order valence-corrected chi connectivity index (χ2v) is 6.19. The summed E-state index contributed by atoms with van der Waals surface area (Å²) in [5.41, 5.74) is 2.53. The van der Waals surface area contributed by atoms with Gasteiger partial charge in [0.25, 0.3) is 0 Å². The second-order valence-electron chi connectivity index (χ2n) is 6.19. The highest BCUT2D eigenvalue weighted by atomic mass is 16.1. The predicted octanol–water partition coefficient (Wildman–Crippen LogP) is 1.88. The number of hydrogen-bond acceptors (Lipinski definition) is 5. The van der Waals surface area contributed by atoms with Gasteiger partial charge in [0.2, 0.25) is 11.9 Å². The van der Waals surface area contributed by atoms with Gasteiger partial charge in [0, 0.05) is 12.3 Å². The van der Waals surface area contributed by atoms with Gasteiger partial charge in [-0.15, -0.1) is 0 Å². The molecule has 0 aliphatic carbocycles. The molecule has 6 nitrogen and oxygen atoms in total. The zero-order chi connectivity index (χ0) is 17.0. The Kier molecular flexibility index (Phi) is 2.88. The number of para-hydroxylation sites is 1. The number of carbonyl (C=O) groups is 1. The van der Waals surface area contributed by atoms with E-state index in [9.17, 15) is 4.79 Å². The second kappa shape index (κ2) is 5.11. The van der Waals surface area contributed by atoms with E-state index < -0.39 is 0 Å². The molecule has 25 heavy (non-hydrogen) atoms. The Morgan fingerprint density at radius 2 is 1.84 bits per heavy atom. The Labute approximate surface area is 143 Å². The molecule has 2 aliphatic rings. The van der Waals surface area contributed by atoms with Crippen molar-refractivity contribution in [3.63, 3.8) is 0 Å². The van der Waals surface area contributed by atoms with Crippen LogP contribution >= 0.6 is 0 Å². The predicted molar refractivity (Wildman–Crippen MR) is 93.9 cm³/mol. The number of carbonyl (C=O) groups excluding carboxylic acids is 1. The number of guanidine groups is 1. The molecule has 1 aromatic heterocycles. The van der Waals surface area contributed by atoms with Crippen molar-refractivity contribution in [1.29, 1.82) is 0 Å². The lowest BCUT2D eigenvalue weighted by Gasteiger charge is -2.14. The van der Waals surface area contributed by atoms with Crippen LogP contribution in [0.3, 0.4) is 0 Å². The summed E-state index contributed by atoms with van der Waals surface area (Å²) >= 11 is 0. The van der Waals surface area contributed by atoms with Gasteiger partial charge in [-0.3, -0.25) is 9.36 Å². The topological polar surface area (TPSA) is 62.3 Å². The lowest BCUT2D eigenvalue weighted by Crippen LogP contribution is -2.41. The summed E-state index contributed by atoms with van der Waals surface area (Å²) in [7, 11) is 0. The first-order valence-electron chi connectivity index (χ1n) is 8.20. The maximum atomic E-state index is 12.2. The first-order chi connectivity index (χ1) is 12.2. The van der Waals surface area contributed by atoms with E-state index in [1.807, 2.05) is 47.5 Å². The number of aliphatic imine (C=N–C) groups is 1. The number of rotatable bonds is 1. The van der Waals surface area contributed by atoms with E-state index >= 15 is 0 Å². The van der Waals surface area contributed by atoms with Crippen molar-refractivity contribution in [2.75, 3.05) is 6.54 Å². The molecule has 0 amide bonds. The minimum atomic E-state index is -0.0805. The third-order valence-electron chi connectivity index (χ3n) is 4.60. The van der Waals surface area contributed by atoms with Crippen LogP contribution in [0.2, 0.25) is 0 Å². The largest absolute Gasteiger partial charge is 0.274 e. The molecule has 122 valence electrons. The van der Waals surface area contributed by atoms with Crippen LogP contribution in [-0.4, -0.2) is 28.0 Å². The molecule has 2 aliphatic heterocycles. The molecular formula is C19H15N5O. The Bertz CT molecular complexity index is 1160. The highest BCUT2D eigenvalue weighted by Gasteiger charge is 2.29. The average molecular weight is 329 g/mol. The van der Waals surface area contributed by atoms with Crippen LogP contribution in [0.25, 0.3) is 10.9 Å². The van der Waals surface area contributed by atoms with E-state index in [4.69, 9.17) is 10.1 Å². The standard InChI is InChI=1S/C19H15N5O/c1-12(25)24-16-10-6-5-9-14(16)17-18(24)21-19-20-15(11-23(19)22-17)13-7-3-2-4-8-13/h2-10,15H,11H2,1H3. The van der Waals surface area contributed by atoms with Gasteiger partial charge in [-0.2, -0.15) is 10.1 Å². The highest BCUT2D eigenvalue weighted by molar-refractivity contribution is 5.92. The van der Waals surface area contributed by atoms with Crippen LogP contribution in [0.1, 0.15) is 23.3 Å². The monoisotopic (exact) mass is 329 g/mol. The molecule has 0 N–H and O–H groups in total. The van der Waals surface area contributed by atoms with E-state index in [0.717, 1.165) is 21.8 Å². The van der Waals surface area contributed by atoms with E-state index in [1.165, 1.54) is 6.92 Å². The van der Waals surface area contributed by atoms with E-state index in [0.29, 0.717) is 18.0 Å². The van der Waals surface area contributed by atoms with Crippen LogP contribution in [0.15, 0.2) is 69.7 Å². The normalized spacial score (nSPS) is 18.2. The van der Waals surface area contributed by atoms with Gasteiger partial charge in [0.05, 0.1) is 18.1 Å². The van der Waals surface area contributed by atoms with Gasteiger partial charge in [-0.1, -0.05) is 48.5 Å². The lowest BCUT2D eigenvalue weighted by atomic mass is 10.1. The van der Waals surface area contributed by atoms with Crippen molar-refractivity contribution in [3.05, 3.63) is 71.0 Å². The number of fused-ring (bicyclic) bond motifs is 4. The Morgan fingerprint density at radius 3 is 2.64 bits per heavy atom. The Hall–Kier alpha value is -3.28. The van der Waals surface area contributed by atoms with Gasteiger partial charge >= 0.3 is 0 Å². The molecule has 6 heteroatoms. The van der Waals surface area contributed by atoms with Crippen molar-refractivity contribution in [2.24, 2.45) is 15.1 Å². The number of aromatic nitrogens is 1. The van der Waals surface area contributed by atoms with Crippen molar-refractivity contribution >= 4 is 22.8 Å². The third-order valence-corrected chi connectivity index (χ3v) is 4.60. The molecule has 1 unspecified atom stereocenters. The molecule has 3 heterocycles. The SMILES string of the molecule is CC(=O)n1c2c(c3ccccc31)=NN1CC(c3ccccc3)N=C1N=2. The smallest absolute Gasteiger partial charge is 0.244 e. The zero-order valence-corrected chi connectivity index (χ0v) is 13.6. The molecule has 0 saturated heterocycles. The summed E-state index contributed by atoms with van der Waals surface area (Å²) in [6.07, 6.45) is 0. The summed E-state index contributed by atoms with van der Waals surface area (Å²) in [4.78, 5) is 21.6. The van der Waals surface area contributed by atoms with Crippen molar-refractivity contribution in [2.45, 2.75) is 13.0 Å². The number of hydrogen-bond donors (Lipinski definition) is 0. The minimum absolute atomic E-state index is 0.00440. The highest BCUT2D eigenvalue weighted by Crippen LogP contribution is 2.25. The Morgan fingerprint density at radius 1 is 1.08 bits per heavy atom. The van der Waals surface area contributed by atoms with Crippen molar-refractivity contribution in [1.82, 2.24) is 9.58 Å². The summed E-state index contributed by atoms with van der Waals surface area (Å²) in [5, 5.41) is 8.24. The maximum Gasteiger partial charge on any atom is 0.244 e. The molecule has 2 aromatic carbocycles. The molecule has 5 rings (SSSR count). The maximum absolute atomic E-state index is 12.2. The third kappa shape index (κ3) is 2.04. The number of benzene rings is 2. The fraction of sp³-hybridized carbons (Fsp3) is 0.158. The number of nitrogens with zero attached hydrogens (tertiary/aromatic N) is 5. The van der Waals surface area contributed by atoms with Crippen molar-refractivity contribution < 1.29 is 4.79 Å². The van der Waals surface area contributed by atoms with Gasteiger partial charge in [0.15, 0.2) is 5.49 Å². The summed E-state index contributed by atoms with van der Waals surface area (Å²) in [6.45, 7) is 2.19. The molecule has 1 atom stereocenters. The van der Waals surface area contributed by atoms with E-state index in [-0.39, 0.29) is 11.9 Å². The summed E-state index contributed by atoms with van der Waals surface area (Å²) in [6, 6.07) is 17.9. The van der Waals surface area contributed by atoms with Crippen molar-refractivity contribution in [3.8, 4) is 0 Å². The summed E-state index contributed by atoms with van der Waals surface area (Å²) < 4.78 is 1.61. The molecule has 0 spiro atoms. The molecule has 3 aromatic rings. The zero-order valence-electron chi connectivity index (χ0n) is 13.6. The molecular weight excluding hydrogens is 314 g/mol. The van der Waals surface area contributed by atoms with Crippen LogP contribution in [0.4, 0.5) is 0 Å². The molecule has 0 saturated carbocycles. The minimum Gasteiger partial charge on any atom is -0.274 e. The first-order valence-corrected chi connectivity index (χ1v) is 8.20. The van der Waals surface area contributed by atoms with E-state index in [2.05, 4.69) is 17.1 Å². The van der Waals surface area contributed by atoms with Crippen LogP contribution in [-0.2, 0) is 0 Å². The van der Waals surface area contributed by atoms with E-state index in [1.54, 1.807) is 4.57 Å². The van der Waals surface area contributed by atoms with Gasteiger partial charge in [0.1, 0.15) is 5.36 Å². The van der Waals surface area contributed by atoms with Crippen LogP contribution < -0.4 is 10.8 Å². The van der Waals surface area contributed by atoms with Crippen LogP contribution in [0, 0.1) is 0 Å². The quantitative estimate of drug-likeness (QED) is 0.684. The first kappa shape index (κ1) is 14.1. The fourth-order valence-corrected chi connectivity index (χ4v) is 3.46. The van der Waals surface area contributed by atoms with Gasteiger partial charge < -0.3 is 0 Å². The van der Waals surface area contributed by atoms with Gasteiger partial charge in [-0.25, -0.2) is 10.0 Å². The lowest BCUT2D eigenvalue weighted by molar-refractivity contribution is 0.0937. The van der Waals surface area contributed by atoms with Gasteiger partial charge in [-0.05, 0) is 11.6 Å². The Balaban J connectivity index is 1.73. The van der Waals surface area contributed by atoms with Crippen LogP contribution in [0.5, 0.6) is 0 Å². The fourth-order valence-electron chi connectivity index (χ4n) is 3.46. The average Bonchev–Trinajstić information content (AvgIpc) is 3.19. The summed E-state index contributed by atoms with van der Waals surface area (Å²) in [5.74, 6) is 0.481.